The van der Waals surface area contributed by atoms with Crippen LogP contribution in [0.15, 0.2) is 36.5 Å². The lowest BCUT2D eigenvalue weighted by molar-refractivity contribution is -0.385. The summed E-state index contributed by atoms with van der Waals surface area (Å²) in [5.74, 6) is 0.841. The van der Waals surface area contributed by atoms with E-state index in [0.717, 1.165) is 11.3 Å². The first-order valence-corrected chi connectivity index (χ1v) is 8.02. The van der Waals surface area contributed by atoms with Crippen molar-refractivity contribution in [2.45, 2.75) is 5.75 Å². The van der Waals surface area contributed by atoms with Gasteiger partial charge in [0.05, 0.1) is 4.92 Å². The molecule has 1 aromatic heterocycles. The second kappa shape index (κ2) is 6.64. The Balaban J connectivity index is 2.19. The highest BCUT2D eigenvalue weighted by Crippen LogP contribution is 2.24. The number of halogens is 1. The van der Waals surface area contributed by atoms with Gasteiger partial charge >= 0.3 is 0 Å². The highest BCUT2D eigenvalue weighted by Gasteiger charge is 2.07. The van der Waals surface area contributed by atoms with E-state index < -0.39 is 15.7 Å². The molecule has 1 atom stereocenters. The molecule has 0 aliphatic heterocycles. The summed E-state index contributed by atoms with van der Waals surface area (Å²) >= 11 is 6.05. The Bertz CT molecular complexity index is 692. The number of nitrogens with one attached hydrogen (secondary N) is 1. The molecule has 8 heteroatoms. The van der Waals surface area contributed by atoms with Gasteiger partial charge in [0, 0.05) is 39.6 Å². The summed E-state index contributed by atoms with van der Waals surface area (Å²) in [5.41, 5.74) is 1.42. The van der Waals surface area contributed by atoms with Gasteiger partial charge in [-0.25, -0.2) is 4.98 Å². The standard InChI is InChI=1S/C13H12ClN3O3S/c1-21(20)8-9-6-10(2-4-12(9)14)16-13-5-3-11(7-15-13)17(18)19/h2-7H,8H2,1H3,(H,15,16)/t21-/m1/s1. The maximum absolute atomic E-state index is 11.3. The number of nitro groups is 1. The van der Waals surface area contributed by atoms with Gasteiger partial charge in [-0.15, -0.1) is 0 Å². The lowest BCUT2D eigenvalue weighted by Crippen LogP contribution is -1.98. The smallest absolute Gasteiger partial charge is 0.287 e. The topological polar surface area (TPSA) is 85.1 Å². The van der Waals surface area contributed by atoms with Crippen molar-refractivity contribution in [2.75, 3.05) is 11.6 Å². The molecule has 0 radical (unpaired) electrons. The predicted molar refractivity (Wildman–Crippen MR) is 83.4 cm³/mol. The number of aromatic nitrogens is 1. The van der Waals surface area contributed by atoms with Gasteiger partial charge in [0.1, 0.15) is 12.0 Å². The van der Waals surface area contributed by atoms with Gasteiger partial charge in [0.15, 0.2) is 0 Å². The molecule has 0 fully saturated rings. The van der Waals surface area contributed by atoms with Crippen molar-refractivity contribution < 1.29 is 9.13 Å². The summed E-state index contributed by atoms with van der Waals surface area (Å²) in [7, 11) is -0.993. The molecular weight excluding hydrogens is 314 g/mol. The first kappa shape index (κ1) is 15.4. The second-order valence-corrected chi connectivity index (χ2v) is 6.15. The van der Waals surface area contributed by atoms with E-state index in [4.69, 9.17) is 11.6 Å². The Hall–Kier alpha value is -1.99. The minimum Gasteiger partial charge on any atom is -0.340 e. The molecule has 110 valence electrons. The summed E-state index contributed by atoms with van der Waals surface area (Å²) in [4.78, 5) is 14.0. The largest absolute Gasteiger partial charge is 0.340 e. The summed E-state index contributed by atoms with van der Waals surface area (Å²) in [6, 6.07) is 8.13. The molecule has 0 aliphatic rings. The van der Waals surface area contributed by atoms with E-state index in [-0.39, 0.29) is 5.69 Å². The van der Waals surface area contributed by atoms with E-state index in [1.807, 2.05) is 0 Å². The van der Waals surface area contributed by atoms with Gasteiger partial charge in [-0.05, 0) is 29.8 Å². The average molecular weight is 326 g/mol. The van der Waals surface area contributed by atoms with Crippen LogP contribution in [0.2, 0.25) is 5.02 Å². The third-order valence-electron chi connectivity index (χ3n) is 2.64. The van der Waals surface area contributed by atoms with Crippen LogP contribution in [0.3, 0.4) is 0 Å². The predicted octanol–water partition coefficient (Wildman–Crippen LogP) is 3.27. The molecule has 2 aromatic rings. The molecule has 0 amide bonds. The van der Waals surface area contributed by atoms with Crippen LogP contribution in [0.25, 0.3) is 0 Å². The van der Waals surface area contributed by atoms with E-state index in [0.29, 0.717) is 16.6 Å². The molecule has 0 bridgehead atoms. The van der Waals surface area contributed by atoms with Gasteiger partial charge in [-0.3, -0.25) is 14.3 Å². The van der Waals surface area contributed by atoms with Crippen LogP contribution in [0.1, 0.15) is 5.56 Å². The molecule has 0 unspecified atom stereocenters. The number of nitrogens with zero attached hydrogens (tertiary/aromatic N) is 2. The molecule has 0 spiro atoms. The third-order valence-corrected chi connectivity index (χ3v) is 3.72. The van der Waals surface area contributed by atoms with Crippen LogP contribution >= 0.6 is 11.6 Å². The van der Waals surface area contributed by atoms with Crippen LogP contribution in [-0.4, -0.2) is 20.4 Å². The number of benzene rings is 1. The summed E-state index contributed by atoms with van der Waals surface area (Å²) < 4.78 is 11.3. The lowest BCUT2D eigenvalue weighted by Gasteiger charge is -2.08. The fourth-order valence-corrected chi connectivity index (χ4v) is 2.64. The molecule has 21 heavy (non-hydrogen) atoms. The SMILES string of the molecule is C[S@@](=O)Cc1cc(Nc2ccc([N+](=O)[O-])cn2)ccc1Cl. The van der Waals surface area contributed by atoms with Gasteiger partial charge in [0.25, 0.3) is 5.69 Å². The van der Waals surface area contributed by atoms with Crippen LogP contribution in [0, 0.1) is 10.1 Å². The minimum absolute atomic E-state index is 0.0706. The van der Waals surface area contributed by atoms with Crippen molar-refractivity contribution in [1.29, 1.82) is 0 Å². The molecular formula is C13H12ClN3O3S. The zero-order valence-corrected chi connectivity index (χ0v) is 12.6. The number of pyridine rings is 1. The van der Waals surface area contributed by atoms with Crippen LogP contribution < -0.4 is 5.32 Å². The van der Waals surface area contributed by atoms with Crippen molar-refractivity contribution in [2.24, 2.45) is 0 Å². The summed E-state index contributed by atoms with van der Waals surface area (Å²) in [5, 5.41) is 14.1. The Labute approximate surface area is 128 Å². The first-order chi connectivity index (χ1) is 9.95. The van der Waals surface area contributed by atoms with Crippen molar-refractivity contribution in [1.82, 2.24) is 4.98 Å². The number of rotatable bonds is 5. The average Bonchev–Trinajstić information content (AvgIpc) is 2.42. The van der Waals surface area contributed by atoms with Crippen LogP contribution in [0.4, 0.5) is 17.2 Å². The van der Waals surface area contributed by atoms with E-state index in [1.54, 1.807) is 24.5 Å². The fraction of sp³-hybridized carbons (Fsp3) is 0.154. The highest BCUT2D eigenvalue weighted by molar-refractivity contribution is 7.83. The van der Waals surface area contributed by atoms with Crippen LogP contribution in [-0.2, 0) is 16.6 Å². The Kier molecular flexibility index (Phi) is 4.87. The maximum Gasteiger partial charge on any atom is 0.287 e. The van der Waals surface area contributed by atoms with E-state index >= 15 is 0 Å². The van der Waals surface area contributed by atoms with Crippen molar-refractivity contribution in [3.05, 3.63) is 57.2 Å². The normalized spacial score (nSPS) is 11.9. The van der Waals surface area contributed by atoms with Gasteiger partial charge in [0.2, 0.25) is 0 Å². The number of anilines is 2. The Morgan fingerprint density at radius 1 is 1.38 bits per heavy atom. The van der Waals surface area contributed by atoms with E-state index in [1.165, 1.54) is 18.3 Å². The fourth-order valence-electron chi connectivity index (χ4n) is 1.70. The van der Waals surface area contributed by atoms with Crippen molar-refractivity contribution in [3.8, 4) is 0 Å². The molecule has 6 nitrogen and oxygen atoms in total. The number of hydrogen-bond acceptors (Lipinski definition) is 5. The lowest BCUT2D eigenvalue weighted by atomic mass is 10.2. The quantitative estimate of drug-likeness (QED) is 0.673. The molecule has 2 rings (SSSR count). The molecule has 0 saturated carbocycles. The molecule has 1 heterocycles. The second-order valence-electron chi connectivity index (χ2n) is 4.31. The van der Waals surface area contributed by atoms with Crippen molar-refractivity contribution >= 4 is 39.6 Å². The minimum atomic E-state index is -0.993. The molecule has 1 aromatic carbocycles. The summed E-state index contributed by atoms with van der Waals surface area (Å²) in [6.45, 7) is 0. The maximum atomic E-state index is 11.3. The third kappa shape index (κ3) is 4.24. The zero-order valence-electron chi connectivity index (χ0n) is 11.1. The van der Waals surface area contributed by atoms with Gasteiger partial charge in [-0.1, -0.05) is 11.6 Å². The monoisotopic (exact) mass is 325 g/mol. The van der Waals surface area contributed by atoms with E-state index in [2.05, 4.69) is 10.3 Å². The van der Waals surface area contributed by atoms with Crippen LogP contribution in [0.5, 0.6) is 0 Å². The van der Waals surface area contributed by atoms with Gasteiger partial charge in [-0.2, -0.15) is 0 Å². The number of hydrogen-bond donors (Lipinski definition) is 1. The summed E-state index contributed by atoms with van der Waals surface area (Å²) in [6.07, 6.45) is 2.79. The highest BCUT2D eigenvalue weighted by atomic mass is 35.5. The van der Waals surface area contributed by atoms with Crippen molar-refractivity contribution in [3.63, 3.8) is 0 Å². The Morgan fingerprint density at radius 3 is 2.71 bits per heavy atom. The first-order valence-electron chi connectivity index (χ1n) is 5.91. The molecule has 0 saturated heterocycles. The van der Waals surface area contributed by atoms with Gasteiger partial charge < -0.3 is 5.32 Å². The Morgan fingerprint density at radius 2 is 2.14 bits per heavy atom. The zero-order chi connectivity index (χ0) is 15.4. The van der Waals surface area contributed by atoms with E-state index in [9.17, 15) is 14.3 Å². The molecule has 0 aliphatic carbocycles. The molecule has 1 N–H and O–H groups in total.